The van der Waals surface area contributed by atoms with Crippen molar-refractivity contribution in [2.45, 2.75) is 51.5 Å². The third-order valence-corrected chi connectivity index (χ3v) is 3.78. The summed E-state index contributed by atoms with van der Waals surface area (Å²) in [6, 6.07) is 0.365. The molecule has 1 saturated heterocycles. The molecule has 1 amide bonds. The summed E-state index contributed by atoms with van der Waals surface area (Å²) in [5, 5.41) is 0. The molecule has 0 aliphatic carbocycles. The smallest absolute Gasteiger partial charge is 0.433 e. The highest BCUT2D eigenvalue weighted by Gasteiger charge is 2.38. The van der Waals surface area contributed by atoms with Gasteiger partial charge in [0.1, 0.15) is 6.10 Å². The van der Waals surface area contributed by atoms with Crippen molar-refractivity contribution in [3.63, 3.8) is 0 Å². The predicted octanol–water partition coefficient (Wildman–Crippen LogP) is 2.21. The first kappa shape index (κ1) is 19.9. The normalized spacial score (nSPS) is 18.4. The molecule has 1 aromatic rings. The van der Waals surface area contributed by atoms with Gasteiger partial charge in [-0.05, 0) is 32.8 Å². The van der Waals surface area contributed by atoms with Gasteiger partial charge < -0.3 is 14.4 Å². The van der Waals surface area contributed by atoms with E-state index in [1.165, 1.54) is 25.7 Å². The second kappa shape index (κ2) is 7.46. The molecule has 1 atom stereocenters. The van der Waals surface area contributed by atoms with Crippen LogP contribution >= 0.6 is 0 Å². The maximum absolute atomic E-state index is 12.7. The minimum atomic E-state index is -4.59. The fraction of sp³-hybridized carbons (Fsp3) is 0.625. The molecule has 0 aromatic carbocycles. The van der Waals surface area contributed by atoms with E-state index in [1.807, 2.05) is 0 Å². The maximum atomic E-state index is 12.7. The van der Waals surface area contributed by atoms with Crippen molar-refractivity contribution in [2.24, 2.45) is 0 Å². The molecule has 1 aliphatic heterocycles. The molecular weight excluding hydrogens is 355 g/mol. The number of aromatic nitrogens is 2. The van der Waals surface area contributed by atoms with Crippen molar-refractivity contribution in [2.75, 3.05) is 13.1 Å². The zero-order valence-electron chi connectivity index (χ0n) is 14.7. The van der Waals surface area contributed by atoms with Crippen molar-refractivity contribution in [3.05, 3.63) is 18.0 Å². The van der Waals surface area contributed by atoms with E-state index in [0.717, 1.165) is 12.3 Å². The summed E-state index contributed by atoms with van der Waals surface area (Å²) in [5.74, 6) is -0.975. The fourth-order valence-corrected chi connectivity index (χ4v) is 2.71. The molecule has 1 fully saturated rings. The molecule has 0 spiro atoms. The maximum Gasteiger partial charge on any atom is 0.433 e. The Balaban J connectivity index is 2.05. The van der Waals surface area contributed by atoms with Crippen LogP contribution in [0.3, 0.4) is 0 Å². The third-order valence-electron chi connectivity index (χ3n) is 3.78. The van der Waals surface area contributed by atoms with Gasteiger partial charge in [-0.25, -0.2) is 4.98 Å². The predicted molar refractivity (Wildman–Crippen MR) is 83.1 cm³/mol. The number of rotatable bonds is 4. The highest BCUT2D eigenvalue weighted by atomic mass is 19.4. The fourth-order valence-electron chi connectivity index (χ4n) is 2.71. The zero-order chi connectivity index (χ0) is 19.5. The first-order valence-corrected chi connectivity index (χ1v) is 8.05. The van der Waals surface area contributed by atoms with Gasteiger partial charge >= 0.3 is 18.2 Å². The van der Waals surface area contributed by atoms with Crippen LogP contribution in [0.25, 0.3) is 0 Å². The molecule has 26 heavy (non-hydrogen) atoms. The van der Waals surface area contributed by atoms with Crippen molar-refractivity contribution < 1.29 is 32.2 Å². The average Bonchev–Trinajstić information content (AvgIpc) is 2.52. The number of nitrogens with zero attached hydrogens (tertiary/aromatic N) is 3. The number of amides is 1. The Morgan fingerprint density at radius 2 is 2.00 bits per heavy atom. The van der Waals surface area contributed by atoms with Gasteiger partial charge in [-0.2, -0.15) is 18.2 Å². The third kappa shape index (κ3) is 5.06. The monoisotopic (exact) mass is 375 g/mol. The van der Waals surface area contributed by atoms with Gasteiger partial charge in [-0.15, -0.1) is 0 Å². The first-order chi connectivity index (χ1) is 12.0. The minimum Gasteiger partial charge on any atom is -0.458 e. The summed E-state index contributed by atoms with van der Waals surface area (Å²) in [6.45, 7) is 4.76. The van der Waals surface area contributed by atoms with Crippen molar-refractivity contribution in [1.29, 1.82) is 0 Å². The van der Waals surface area contributed by atoms with Crippen LogP contribution in [0.5, 0.6) is 6.01 Å². The topological polar surface area (TPSA) is 81.6 Å². The number of carbonyl (C=O) groups excluding carboxylic acids is 2. The molecule has 7 nitrogen and oxygen atoms in total. The molecule has 2 heterocycles. The summed E-state index contributed by atoms with van der Waals surface area (Å²) in [5.41, 5.74) is -2.43. The van der Waals surface area contributed by atoms with Crippen LogP contribution < -0.4 is 4.74 Å². The number of halogens is 3. The Labute approximate surface area is 148 Å². The number of alkyl halides is 3. The number of ether oxygens (including phenoxy) is 2. The van der Waals surface area contributed by atoms with E-state index >= 15 is 0 Å². The van der Waals surface area contributed by atoms with Crippen LogP contribution in [0.15, 0.2) is 12.3 Å². The number of hydrogen-bond donors (Lipinski definition) is 0. The van der Waals surface area contributed by atoms with Crippen molar-refractivity contribution >= 4 is 11.9 Å². The van der Waals surface area contributed by atoms with Gasteiger partial charge in [-0.1, -0.05) is 0 Å². The summed E-state index contributed by atoms with van der Waals surface area (Å²) < 4.78 is 48.6. The molecule has 0 radical (unpaired) electrons. The van der Waals surface area contributed by atoms with Crippen molar-refractivity contribution in [1.82, 2.24) is 14.9 Å². The van der Waals surface area contributed by atoms with Crippen LogP contribution in [-0.2, 0) is 20.5 Å². The van der Waals surface area contributed by atoms with E-state index in [-0.39, 0.29) is 6.54 Å². The van der Waals surface area contributed by atoms with Crippen LogP contribution in [0, 0.1) is 0 Å². The van der Waals surface area contributed by atoms with E-state index < -0.39 is 41.5 Å². The van der Waals surface area contributed by atoms with E-state index in [4.69, 9.17) is 9.47 Å². The summed E-state index contributed by atoms with van der Waals surface area (Å²) >= 11 is 0. The molecule has 2 rings (SSSR count). The van der Waals surface area contributed by atoms with Gasteiger partial charge in [0.05, 0.1) is 6.54 Å². The summed E-state index contributed by atoms with van der Waals surface area (Å²) in [4.78, 5) is 32.2. The SMILES string of the molecule is CC(=O)OC(C)(C)C(=O)N1CCCC(Oc2nccc(C(F)(F)F)n2)C1. The van der Waals surface area contributed by atoms with Gasteiger partial charge in [0.2, 0.25) is 0 Å². The molecule has 144 valence electrons. The lowest BCUT2D eigenvalue weighted by Crippen LogP contribution is -2.53. The average molecular weight is 375 g/mol. The first-order valence-electron chi connectivity index (χ1n) is 8.05. The Bertz CT molecular complexity index is 679. The molecule has 0 N–H and O–H groups in total. The van der Waals surface area contributed by atoms with E-state index in [1.54, 1.807) is 0 Å². The van der Waals surface area contributed by atoms with E-state index in [2.05, 4.69) is 9.97 Å². The Kier molecular flexibility index (Phi) is 5.72. The second-order valence-corrected chi connectivity index (χ2v) is 6.46. The van der Waals surface area contributed by atoms with Crippen LogP contribution in [0.1, 0.15) is 39.3 Å². The minimum absolute atomic E-state index is 0.142. The number of likely N-dealkylation sites (tertiary alicyclic amines) is 1. The Morgan fingerprint density at radius 3 is 2.62 bits per heavy atom. The molecular formula is C16H20F3N3O4. The number of carbonyl (C=O) groups is 2. The van der Waals surface area contributed by atoms with Gasteiger partial charge in [0.25, 0.3) is 5.91 Å². The van der Waals surface area contributed by atoms with Gasteiger partial charge in [0, 0.05) is 19.7 Å². The quantitative estimate of drug-likeness (QED) is 0.751. The largest absolute Gasteiger partial charge is 0.458 e. The van der Waals surface area contributed by atoms with Crippen LogP contribution in [-0.4, -0.2) is 51.5 Å². The number of esters is 1. The molecule has 1 unspecified atom stereocenters. The summed E-state index contributed by atoms with van der Waals surface area (Å²) in [6.07, 6.45) is -3.04. The Hall–Kier alpha value is -2.39. The molecule has 0 saturated carbocycles. The standard InChI is InChI=1S/C16H20F3N3O4/c1-10(23)26-15(2,3)13(24)22-8-4-5-11(9-22)25-14-20-7-6-12(21-14)16(17,18)19/h6-7,11H,4-5,8-9H2,1-3H3. The van der Waals surface area contributed by atoms with E-state index in [0.29, 0.717) is 19.4 Å². The van der Waals surface area contributed by atoms with Gasteiger partial charge in [-0.3, -0.25) is 9.59 Å². The molecule has 0 bridgehead atoms. The van der Waals surface area contributed by atoms with Gasteiger partial charge in [0.15, 0.2) is 11.3 Å². The lowest BCUT2D eigenvalue weighted by molar-refractivity contribution is -0.169. The Morgan fingerprint density at radius 1 is 1.31 bits per heavy atom. The lowest BCUT2D eigenvalue weighted by atomic mass is 10.0. The lowest BCUT2D eigenvalue weighted by Gasteiger charge is -2.36. The molecule has 1 aromatic heterocycles. The van der Waals surface area contributed by atoms with Crippen LogP contribution in [0.4, 0.5) is 13.2 Å². The van der Waals surface area contributed by atoms with E-state index in [9.17, 15) is 22.8 Å². The highest BCUT2D eigenvalue weighted by Crippen LogP contribution is 2.28. The highest BCUT2D eigenvalue weighted by molar-refractivity contribution is 5.86. The number of hydrogen-bond acceptors (Lipinski definition) is 6. The second-order valence-electron chi connectivity index (χ2n) is 6.46. The number of piperidine rings is 1. The molecule has 1 aliphatic rings. The van der Waals surface area contributed by atoms with Crippen LogP contribution in [0.2, 0.25) is 0 Å². The zero-order valence-corrected chi connectivity index (χ0v) is 14.7. The summed E-state index contributed by atoms with van der Waals surface area (Å²) in [7, 11) is 0. The van der Waals surface area contributed by atoms with Crippen molar-refractivity contribution in [3.8, 4) is 6.01 Å². The molecule has 10 heteroatoms.